The number of ether oxygens (including phenoxy) is 2. The summed E-state index contributed by atoms with van der Waals surface area (Å²) in [5, 5.41) is 0. The van der Waals surface area contributed by atoms with Crippen LogP contribution in [0.4, 0.5) is 4.79 Å². The number of morpholine rings is 1. The summed E-state index contributed by atoms with van der Waals surface area (Å²) in [5.74, 6) is 0.738. The van der Waals surface area contributed by atoms with Crippen molar-refractivity contribution < 1.29 is 19.1 Å². The number of Topliss-reactive ketones (excluding diaryl/α,β-unsaturated/α-hetero) is 1. The smallest absolute Gasteiger partial charge is 0.410 e. The first kappa shape index (κ1) is 19.4. The molecule has 0 radical (unpaired) electrons. The summed E-state index contributed by atoms with van der Waals surface area (Å²) < 4.78 is 11.3. The van der Waals surface area contributed by atoms with Gasteiger partial charge >= 0.3 is 6.09 Å². The second kappa shape index (κ2) is 9.08. The van der Waals surface area contributed by atoms with Gasteiger partial charge in [0.15, 0.2) is 0 Å². The summed E-state index contributed by atoms with van der Waals surface area (Å²) in [6, 6.07) is 9.64. The summed E-state index contributed by atoms with van der Waals surface area (Å²) in [4.78, 5) is 27.8. The average Bonchev–Trinajstić information content (AvgIpc) is 3.01. The van der Waals surface area contributed by atoms with Gasteiger partial charge in [-0.1, -0.05) is 56.0 Å². The lowest BCUT2D eigenvalue weighted by molar-refractivity contribution is -0.135. The fraction of sp³-hybridized carbons (Fsp3) is 0.652. The SMILES string of the molecule is O=C(C1CCCCCC1)C1CC2COCC(C1)N2C(=O)OCc1ccccc1. The molecule has 0 spiro atoms. The molecular weight excluding hydrogens is 354 g/mol. The second-order valence-corrected chi connectivity index (χ2v) is 8.55. The Morgan fingerprint density at radius 1 is 0.929 bits per heavy atom. The number of rotatable bonds is 4. The maximum absolute atomic E-state index is 13.1. The molecule has 2 aliphatic heterocycles. The molecule has 2 heterocycles. The number of hydrogen-bond acceptors (Lipinski definition) is 4. The average molecular weight is 386 g/mol. The number of hydrogen-bond donors (Lipinski definition) is 0. The van der Waals surface area contributed by atoms with Crippen molar-refractivity contribution in [2.24, 2.45) is 11.8 Å². The van der Waals surface area contributed by atoms with E-state index in [1.807, 2.05) is 35.2 Å². The van der Waals surface area contributed by atoms with Crippen LogP contribution in [0.15, 0.2) is 30.3 Å². The van der Waals surface area contributed by atoms with Gasteiger partial charge in [-0.2, -0.15) is 0 Å². The third kappa shape index (κ3) is 4.40. The molecule has 0 aromatic heterocycles. The first-order chi connectivity index (χ1) is 13.7. The fourth-order valence-electron chi connectivity index (χ4n) is 5.14. The standard InChI is InChI=1S/C23H31NO4/c25-22(18-10-6-1-2-7-11-18)19-12-20-15-27-16-21(13-19)24(20)23(26)28-14-17-8-4-3-5-9-17/h3-5,8-9,18-21H,1-2,6-7,10-16H2. The van der Waals surface area contributed by atoms with Crippen molar-refractivity contribution in [1.29, 1.82) is 0 Å². The van der Waals surface area contributed by atoms with Gasteiger partial charge in [0, 0.05) is 11.8 Å². The van der Waals surface area contributed by atoms with Crippen LogP contribution in [-0.2, 0) is 20.9 Å². The third-order valence-electron chi connectivity index (χ3n) is 6.60. The Bertz CT molecular complexity index is 654. The van der Waals surface area contributed by atoms with Crippen molar-refractivity contribution in [3.8, 4) is 0 Å². The molecule has 4 rings (SSSR count). The molecule has 1 amide bonds. The summed E-state index contributed by atoms with van der Waals surface area (Å²) in [6.45, 7) is 1.29. The van der Waals surface area contributed by atoms with Crippen molar-refractivity contribution in [2.45, 2.75) is 70.1 Å². The van der Waals surface area contributed by atoms with Crippen LogP contribution in [0.25, 0.3) is 0 Å². The Morgan fingerprint density at radius 3 is 2.21 bits per heavy atom. The Labute approximate surface area is 167 Å². The van der Waals surface area contributed by atoms with Crippen molar-refractivity contribution in [3.05, 3.63) is 35.9 Å². The Hall–Kier alpha value is -1.88. The molecule has 1 aliphatic carbocycles. The van der Waals surface area contributed by atoms with E-state index in [9.17, 15) is 9.59 Å². The van der Waals surface area contributed by atoms with E-state index in [4.69, 9.17) is 9.47 Å². The van der Waals surface area contributed by atoms with Crippen molar-refractivity contribution in [3.63, 3.8) is 0 Å². The maximum Gasteiger partial charge on any atom is 0.410 e. The van der Waals surface area contributed by atoms with Crippen LogP contribution >= 0.6 is 0 Å². The van der Waals surface area contributed by atoms with E-state index in [0.29, 0.717) is 31.8 Å². The van der Waals surface area contributed by atoms with Crippen LogP contribution in [0.3, 0.4) is 0 Å². The van der Waals surface area contributed by atoms with Gasteiger partial charge in [0.2, 0.25) is 0 Å². The first-order valence-corrected chi connectivity index (χ1v) is 10.8. The maximum atomic E-state index is 13.1. The molecule has 152 valence electrons. The molecule has 2 bridgehead atoms. The molecule has 28 heavy (non-hydrogen) atoms. The number of nitrogens with zero attached hydrogens (tertiary/aromatic N) is 1. The van der Waals surface area contributed by atoms with Gasteiger partial charge in [-0.05, 0) is 31.2 Å². The summed E-state index contributed by atoms with van der Waals surface area (Å²) >= 11 is 0. The van der Waals surface area contributed by atoms with Gasteiger partial charge < -0.3 is 9.47 Å². The van der Waals surface area contributed by atoms with Crippen molar-refractivity contribution in [2.75, 3.05) is 13.2 Å². The summed E-state index contributed by atoms with van der Waals surface area (Å²) in [7, 11) is 0. The quantitative estimate of drug-likeness (QED) is 0.724. The number of ketones is 1. The van der Waals surface area contributed by atoms with Crippen LogP contribution in [0.5, 0.6) is 0 Å². The molecule has 2 unspecified atom stereocenters. The van der Waals surface area contributed by atoms with Crippen LogP contribution < -0.4 is 0 Å². The van der Waals surface area contributed by atoms with Gasteiger partial charge in [-0.3, -0.25) is 9.69 Å². The third-order valence-corrected chi connectivity index (χ3v) is 6.60. The number of piperidine rings is 1. The van der Waals surface area contributed by atoms with Gasteiger partial charge in [0.1, 0.15) is 12.4 Å². The number of carbonyl (C=O) groups excluding carboxylic acids is 2. The first-order valence-electron chi connectivity index (χ1n) is 10.8. The van der Waals surface area contributed by atoms with E-state index >= 15 is 0 Å². The van der Waals surface area contributed by atoms with Gasteiger partial charge in [-0.15, -0.1) is 0 Å². The van der Waals surface area contributed by atoms with Gasteiger partial charge in [0.25, 0.3) is 0 Å². The Kier molecular flexibility index (Phi) is 6.30. The van der Waals surface area contributed by atoms with Crippen LogP contribution in [0.1, 0.15) is 56.9 Å². The highest BCUT2D eigenvalue weighted by atomic mass is 16.6. The highest BCUT2D eigenvalue weighted by molar-refractivity contribution is 5.84. The highest BCUT2D eigenvalue weighted by Crippen LogP contribution is 2.36. The van der Waals surface area contributed by atoms with E-state index in [0.717, 1.165) is 18.4 Å². The zero-order chi connectivity index (χ0) is 19.3. The summed E-state index contributed by atoms with van der Waals surface area (Å²) in [6.07, 6.45) is 8.12. The molecule has 2 saturated heterocycles. The van der Waals surface area contributed by atoms with Crippen molar-refractivity contribution >= 4 is 11.9 Å². The normalized spacial score (nSPS) is 28.4. The van der Waals surface area contributed by atoms with Crippen LogP contribution in [-0.4, -0.2) is 42.1 Å². The van der Waals surface area contributed by atoms with Crippen LogP contribution in [0.2, 0.25) is 0 Å². The van der Waals surface area contributed by atoms with E-state index < -0.39 is 0 Å². The molecular formula is C23H31NO4. The zero-order valence-electron chi connectivity index (χ0n) is 16.6. The molecule has 1 aromatic rings. The Balaban J connectivity index is 1.37. The molecule has 3 fully saturated rings. The topological polar surface area (TPSA) is 55.8 Å². The fourth-order valence-corrected chi connectivity index (χ4v) is 5.14. The molecule has 1 saturated carbocycles. The molecule has 0 N–H and O–H groups in total. The minimum Gasteiger partial charge on any atom is -0.445 e. The number of amides is 1. The molecule has 3 aliphatic rings. The lowest BCUT2D eigenvalue weighted by Gasteiger charge is -2.47. The second-order valence-electron chi connectivity index (χ2n) is 8.55. The number of fused-ring (bicyclic) bond motifs is 2. The highest BCUT2D eigenvalue weighted by Gasteiger charge is 2.45. The monoisotopic (exact) mass is 385 g/mol. The molecule has 5 nitrogen and oxygen atoms in total. The predicted molar refractivity (Wildman–Crippen MR) is 106 cm³/mol. The van der Waals surface area contributed by atoms with E-state index in [-0.39, 0.29) is 36.6 Å². The molecule has 5 heteroatoms. The van der Waals surface area contributed by atoms with E-state index in [2.05, 4.69) is 0 Å². The molecule has 1 aromatic carbocycles. The number of carbonyl (C=O) groups is 2. The lowest BCUT2D eigenvalue weighted by Crippen LogP contribution is -2.60. The minimum absolute atomic E-state index is 0.0458. The zero-order valence-corrected chi connectivity index (χ0v) is 16.6. The lowest BCUT2D eigenvalue weighted by atomic mass is 9.77. The molecule has 2 atom stereocenters. The Morgan fingerprint density at radius 2 is 1.57 bits per heavy atom. The van der Waals surface area contributed by atoms with Gasteiger partial charge in [0.05, 0.1) is 25.3 Å². The van der Waals surface area contributed by atoms with E-state index in [1.165, 1.54) is 25.7 Å². The largest absolute Gasteiger partial charge is 0.445 e. The predicted octanol–water partition coefficient (Wildman–Crippen LogP) is 4.34. The van der Waals surface area contributed by atoms with Crippen molar-refractivity contribution in [1.82, 2.24) is 4.90 Å². The number of benzene rings is 1. The van der Waals surface area contributed by atoms with Crippen LogP contribution in [0, 0.1) is 11.8 Å². The van der Waals surface area contributed by atoms with Gasteiger partial charge in [-0.25, -0.2) is 4.79 Å². The van der Waals surface area contributed by atoms with E-state index in [1.54, 1.807) is 0 Å². The minimum atomic E-state index is -0.275. The summed E-state index contributed by atoms with van der Waals surface area (Å²) in [5.41, 5.74) is 0.982.